The predicted octanol–water partition coefficient (Wildman–Crippen LogP) is 13.2. The number of ether oxygens (including phenoxy) is 2. The normalized spacial score (nSPS) is 11.4. The number of carbonyl (C=O) groups is 2. The van der Waals surface area contributed by atoms with Crippen molar-refractivity contribution in [1.29, 1.82) is 0 Å². The van der Waals surface area contributed by atoms with Gasteiger partial charge in [-0.15, -0.1) is 0 Å². The fraction of sp³-hybridized carbons (Fsp3) is 0.950. The Morgan fingerprint density at radius 1 is 0.364 bits per heavy atom. The Morgan fingerprint density at radius 3 is 0.795 bits per heavy atom. The molecule has 0 radical (unpaired) electrons. The lowest BCUT2D eigenvalue weighted by Crippen LogP contribution is -2.18. The summed E-state index contributed by atoms with van der Waals surface area (Å²) in [7, 11) is 0. The van der Waals surface area contributed by atoms with Crippen LogP contribution in [0.1, 0.15) is 226 Å². The molecule has 44 heavy (non-hydrogen) atoms. The average Bonchev–Trinajstić information content (AvgIpc) is 3.02. The summed E-state index contributed by atoms with van der Waals surface area (Å²) in [4.78, 5) is 24.1. The molecule has 0 amide bonds. The Kier molecular flexibility index (Phi) is 35.5. The predicted molar refractivity (Wildman–Crippen MR) is 190 cm³/mol. The summed E-state index contributed by atoms with van der Waals surface area (Å²) >= 11 is 0. The molecule has 262 valence electrons. The highest BCUT2D eigenvalue weighted by atomic mass is 16.5. The lowest BCUT2D eigenvalue weighted by Gasteiger charge is -2.13. The van der Waals surface area contributed by atoms with Gasteiger partial charge in [-0.05, 0) is 12.8 Å². The van der Waals surface area contributed by atoms with Gasteiger partial charge in [0.25, 0.3) is 0 Å². The van der Waals surface area contributed by atoms with E-state index >= 15 is 0 Å². The minimum absolute atomic E-state index is 0.0463. The van der Waals surface area contributed by atoms with Gasteiger partial charge in [0, 0.05) is 18.8 Å². The molecule has 0 rings (SSSR count). The molecule has 0 aliphatic heterocycles. The van der Waals surface area contributed by atoms with Crippen molar-refractivity contribution in [3.63, 3.8) is 0 Å². The molecule has 4 heteroatoms. The van der Waals surface area contributed by atoms with Crippen molar-refractivity contribution in [1.82, 2.24) is 0 Å². The Bertz CT molecular complexity index is 540. The van der Waals surface area contributed by atoms with Crippen LogP contribution in [0.2, 0.25) is 0 Å². The molecule has 0 saturated carbocycles. The second kappa shape index (κ2) is 36.4. The zero-order chi connectivity index (χ0) is 32.2. The van der Waals surface area contributed by atoms with Crippen LogP contribution in [0.5, 0.6) is 0 Å². The largest absolute Gasteiger partial charge is 0.465 e. The SMILES string of the molecule is CCCCCCCCCCCCCCCCCC(=O)OCC(C)COC(=O)CCCCCCCCCCCCCCCCC. The summed E-state index contributed by atoms with van der Waals surface area (Å²) in [6.45, 7) is 7.21. The van der Waals surface area contributed by atoms with Gasteiger partial charge in [-0.25, -0.2) is 0 Å². The molecule has 0 atom stereocenters. The van der Waals surface area contributed by atoms with Crippen molar-refractivity contribution < 1.29 is 19.1 Å². The zero-order valence-corrected chi connectivity index (χ0v) is 30.3. The van der Waals surface area contributed by atoms with Crippen LogP contribution in [0.3, 0.4) is 0 Å². The third-order valence-electron chi connectivity index (χ3n) is 9.03. The number of unbranched alkanes of at least 4 members (excludes halogenated alkanes) is 28. The first kappa shape index (κ1) is 42.9. The summed E-state index contributed by atoms with van der Waals surface area (Å²) in [6.07, 6.45) is 40.7. The topological polar surface area (TPSA) is 52.6 Å². The Morgan fingerprint density at radius 2 is 0.568 bits per heavy atom. The van der Waals surface area contributed by atoms with Crippen LogP contribution < -0.4 is 0 Å². The number of carbonyl (C=O) groups excluding carboxylic acids is 2. The molecule has 4 nitrogen and oxygen atoms in total. The summed E-state index contributed by atoms with van der Waals surface area (Å²) in [5.41, 5.74) is 0. The third-order valence-corrected chi connectivity index (χ3v) is 9.03. The summed E-state index contributed by atoms with van der Waals surface area (Å²) in [6, 6.07) is 0. The highest BCUT2D eigenvalue weighted by Crippen LogP contribution is 2.15. The van der Waals surface area contributed by atoms with Crippen LogP contribution in [-0.2, 0) is 19.1 Å². The van der Waals surface area contributed by atoms with Crippen molar-refractivity contribution in [2.45, 2.75) is 226 Å². The number of rotatable bonds is 36. The second-order valence-corrected chi connectivity index (χ2v) is 13.9. The first-order valence-corrected chi connectivity index (χ1v) is 19.9. The highest BCUT2D eigenvalue weighted by molar-refractivity contribution is 5.69. The van der Waals surface area contributed by atoms with Gasteiger partial charge in [-0.2, -0.15) is 0 Å². The number of hydrogen-bond acceptors (Lipinski definition) is 4. The van der Waals surface area contributed by atoms with E-state index in [0.29, 0.717) is 26.1 Å². The molecule has 0 aromatic heterocycles. The molecule has 0 aliphatic carbocycles. The Balaban J connectivity index is 3.37. The van der Waals surface area contributed by atoms with E-state index in [1.165, 1.54) is 167 Å². The monoisotopic (exact) mass is 623 g/mol. The first-order valence-electron chi connectivity index (χ1n) is 19.9. The van der Waals surface area contributed by atoms with E-state index in [2.05, 4.69) is 13.8 Å². The van der Waals surface area contributed by atoms with Crippen molar-refractivity contribution in [3.05, 3.63) is 0 Å². The van der Waals surface area contributed by atoms with Gasteiger partial charge in [0.1, 0.15) is 0 Å². The van der Waals surface area contributed by atoms with Crippen molar-refractivity contribution >= 4 is 11.9 Å². The molecule has 0 unspecified atom stereocenters. The molecule has 0 aromatic carbocycles. The van der Waals surface area contributed by atoms with Crippen molar-refractivity contribution in [3.8, 4) is 0 Å². The number of esters is 2. The average molecular weight is 623 g/mol. The van der Waals surface area contributed by atoms with Crippen LogP contribution in [0.15, 0.2) is 0 Å². The summed E-state index contributed by atoms with van der Waals surface area (Å²) in [5.74, 6) is -0.184. The van der Waals surface area contributed by atoms with Crippen LogP contribution in [-0.4, -0.2) is 25.2 Å². The van der Waals surface area contributed by atoms with Crippen LogP contribution in [0.4, 0.5) is 0 Å². The molecule has 0 spiro atoms. The van der Waals surface area contributed by atoms with E-state index in [0.717, 1.165) is 25.7 Å². The Labute approximate surface area is 276 Å². The fourth-order valence-corrected chi connectivity index (χ4v) is 5.94. The highest BCUT2D eigenvalue weighted by Gasteiger charge is 2.11. The van der Waals surface area contributed by atoms with Crippen LogP contribution >= 0.6 is 0 Å². The van der Waals surface area contributed by atoms with Gasteiger partial charge < -0.3 is 9.47 Å². The molecule has 0 bridgehead atoms. The van der Waals surface area contributed by atoms with E-state index in [-0.39, 0.29) is 17.9 Å². The van der Waals surface area contributed by atoms with Gasteiger partial charge in [0.15, 0.2) is 0 Å². The van der Waals surface area contributed by atoms with Gasteiger partial charge in [-0.3, -0.25) is 9.59 Å². The van der Waals surface area contributed by atoms with Crippen molar-refractivity contribution in [2.24, 2.45) is 5.92 Å². The van der Waals surface area contributed by atoms with E-state index < -0.39 is 0 Å². The smallest absolute Gasteiger partial charge is 0.305 e. The summed E-state index contributed by atoms with van der Waals surface area (Å²) < 4.78 is 10.8. The zero-order valence-electron chi connectivity index (χ0n) is 30.3. The van der Waals surface area contributed by atoms with E-state index in [1.54, 1.807) is 0 Å². The van der Waals surface area contributed by atoms with E-state index in [9.17, 15) is 9.59 Å². The summed E-state index contributed by atoms with van der Waals surface area (Å²) in [5, 5.41) is 0. The molecular formula is C40H78O4. The quantitative estimate of drug-likeness (QED) is 0.0515. The Hall–Kier alpha value is -1.06. The lowest BCUT2D eigenvalue weighted by atomic mass is 10.0. The molecule has 0 aromatic rings. The van der Waals surface area contributed by atoms with Crippen molar-refractivity contribution in [2.75, 3.05) is 13.2 Å². The maximum atomic E-state index is 12.1. The molecule has 0 saturated heterocycles. The molecule has 0 fully saturated rings. The first-order chi connectivity index (χ1) is 21.6. The van der Waals surface area contributed by atoms with Crippen LogP contribution in [0.25, 0.3) is 0 Å². The van der Waals surface area contributed by atoms with E-state index in [4.69, 9.17) is 9.47 Å². The minimum atomic E-state index is -0.115. The standard InChI is InChI=1S/C40H78O4/c1-4-6-8-10-12-14-16-18-20-22-24-26-28-30-32-34-39(41)43-36-38(3)37-44-40(42)35-33-31-29-27-25-23-21-19-17-15-13-11-9-7-5-2/h38H,4-37H2,1-3H3. The maximum Gasteiger partial charge on any atom is 0.305 e. The second-order valence-electron chi connectivity index (χ2n) is 13.9. The number of hydrogen-bond donors (Lipinski definition) is 0. The van der Waals surface area contributed by atoms with Gasteiger partial charge in [0.05, 0.1) is 13.2 Å². The van der Waals surface area contributed by atoms with Gasteiger partial charge in [-0.1, -0.05) is 201 Å². The lowest BCUT2D eigenvalue weighted by molar-refractivity contribution is -0.148. The van der Waals surface area contributed by atoms with Crippen LogP contribution in [0, 0.1) is 5.92 Å². The van der Waals surface area contributed by atoms with Gasteiger partial charge in [0.2, 0.25) is 0 Å². The molecule has 0 N–H and O–H groups in total. The minimum Gasteiger partial charge on any atom is -0.465 e. The fourth-order valence-electron chi connectivity index (χ4n) is 5.94. The maximum absolute atomic E-state index is 12.1. The van der Waals surface area contributed by atoms with Gasteiger partial charge >= 0.3 is 11.9 Å². The third kappa shape index (κ3) is 35.4. The molecule has 0 aliphatic rings. The molecule has 0 heterocycles. The van der Waals surface area contributed by atoms with E-state index in [1.807, 2.05) is 6.92 Å². The molecular weight excluding hydrogens is 544 g/mol.